The van der Waals surface area contributed by atoms with E-state index in [1.807, 2.05) is 0 Å². The Labute approximate surface area is 99.5 Å². The van der Waals surface area contributed by atoms with E-state index in [0.29, 0.717) is 6.04 Å². The van der Waals surface area contributed by atoms with E-state index in [1.54, 1.807) is 0 Å². The first-order chi connectivity index (χ1) is 7.48. The van der Waals surface area contributed by atoms with Crippen LogP contribution in [0.5, 0.6) is 0 Å². The Balaban J connectivity index is 2.19. The van der Waals surface area contributed by atoms with Crippen molar-refractivity contribution in [3.05, 3.63) is 29.8 Å². The van der Waals surface area contributed by atoms with E-state index >= 15 is 0 Å². The van der Waals surface area contributed by atoms with Gasteiger partial charge in [0.25, 0.3) is 0 Å². The first kappa shape index (κ1) is 11.5. The van der Waals surface area contributed by atoms with Crippen LogP contribution in [0.1, 0.15) is 46.1 Å². The molecule has 1 fully saturated rings. The summed E-state index contributed by atoms with van der Waals surface area (Å²) in [5.41, 5.74) is 3.07. The lowest BCUT2D eigenvalue weighted by Gasteiger charge is -2.25. The molecule has 1 atom stereocenters. The topological polar surface area (TPSA) is 3.24 Å². The third-order valence-electron chi connectivity index (χ3n) is 3.62. The molecule has 1 saturated heterocycles. The molecule has 1 unspecified atom stereocenters. The highest BCUT2D eigenvalue weighted by molar-refractivity contribution is 5.50. The average Bonchev–Trinajstić information content (AvgIpc) is 2.63. The van der Waals surface area contributed by atoms with E-state index in [2.05, 4.69) is 56.9 Å². The maximum atomic E-state index is 2.52. The molecular formula is C15H23N. The molecule has 0 aromatic heterocycles. The molecule has 1 heteroatoms. The normalized spacial score (nSPS) is 21.5. The SMILES string of the molecule is CC1CCCN1c1ccc(C(C)(C)C)cc1. The number of hydrogen-bond donors (Lipinski definition) is 0. The standard InChI is InChI=1S/C15H23N/c1-12-6-5-11-16(12)14-9-7-13(8-10-14)15(2,3)4/h7-10,12H,5-6,11H2,1-4H3. The minimum Gasteiger partial charge on any atom is -0.369 e. The molecule has 0 bridgehead atoms. The molecule has 0 aliphatic carbocycles. The maximum Gasteiger partial charge on any atom is 0.0368 e. The fraction of sp³-hybridized carbons (Fsp3) is 0.600. The van der Waals surface area contributed by atoms with Gasteiger partial charge in [0.05, 0.1) is 0 Å². The molecule has 0 amide bonds. The molecule has 2 rings (SSSR count). The van der Waals surface area contributed by atoms with Gasteiger partial charge in [-0.05, 0) is 42.9 Å². The maximum absolute atomic E-state index is 2.52. The van der Waals surface area contributed by atoms with Crippen molar-refractivity contribution in [3.8, 4) is 0 Å². The number of rotatable bonds is 1. The number of anilines is 1. The van der Waals surface area contributed by atoms with Gasteiger partial charge in [-0.1, -0.05) is 32.9 Å². The summed E-state index contributed by atoms with van der Waals surface area (Å²) in [5.74, 6) is 0. The highest BCUT2D eigenvalue weighted by Crippen LogP contribution is 2.28. The van der Waals surface area contributed by atoms with E-state index in [1.165, 1.54) is 30.6 Å². The molecule has 88 valence electrons. The Morgan fingerprint density at radius 1 is 1.12 bits per heavy atom. The van der Waals surface area contributed by atoms with Gasteiger partial charge in [-0.3, -0.25) is 0 Å². The second-order valence-corrected chi connectivity index (χ2v) is 5.98. The van der Waals surface area contributed by atoms with E-state index in [0.717, 1.165) is 0 Å². The van der Waals surface area contributed by atoms with Crippen LogP contribution in [0.15, 0.2) is 24.3 Å². The molecule has 0 N–H and O–H groups in total. The lowest BCUT2D eigenvalue weighted by molar-refractivity contribution is 0.590. The van der Waals surface area contributed by atoms with Gasteiger partial charge in [0, 0.05) is 18.3 Å². The second kappa shape index (κ2) is 4.12. The average molecular weight is 217 g/mol. The molecule has 1 heterocycles. The van der Waals surface area contributed by atoms with E-state index in [-0.39, 0.29) is 5.41 Å². The fourth-order valence-electron chi connectivity index (χ4n) is 2.47. The van der Waals surface area contributed by atoms with E-state index in [9.17, 15) is 0 Å². The van der Waals surface area contributed by atoms with E-state index < -0.39 is 0 Å². The van der Waals surface area contributed by atoms with Crippen molar-refractivity contribution in [1.29, 1.82) is 0 Å². The van der Waals surface area contributed by atoms with Gasteiger partial charge in [-0.2, -0.15) is 0 Å². The Bertz CT molecular complexity index is 345. The number of nitrogens with zero attached hydrogens (tertiary/aromatic N) is 1. The van der Waals surface area contributed by atoms with Crippen molar-refractivity contribution in [2.75, 3.05) is 11.4 Å². The van der Waals surface area contributed by atoms with Crippen LogP contribution in [0, 0.1) is 0 Å². The summed E-state index contributed by atoms with van der Waals surface area (Å²) < 4.78 is 0. The molecule has 1 aromatic carbocycles. The van der Waals surface area contributed by atoms with Gasteiger partial charge < -0.3 is 4.90 Å². The summed E-state index contributed by atoms with van der Waals surface area (Å²) in [6.07, 6.45) is 2.67. The highest BCUT2D eigenvalue weighted by Gasteiger charge is 2.21. The quantitative estimate of drug-likeness (QED) is 0.688. The van der Waals surface area contributed by atoms with Crippen LogP contribution >= 0.6 is 0 Å². The molecule has 0 radical (unpaired) electrons. The van der Waals surface area contributed by atoms with Crippen molar-refractivity contribution < 1.29 is 0 Å². The Hall–Kier alpha value is -0.980. The predicted octanol–water partition coefficient (Wildman–Crippen LogP) is 3.97. The third kappa shape index (κ3) is 2.23. The third-order valence-corrected chi connectivity index (χ3v) is 3.62. The molecule has 1 aliphatic heterocycles. The van der Waals surface area contributed by atoms with Crippen molar-refractivity contribution in [2.45, 2.75) is 52.0 Å². The Morgan fingerprint density at radius 3 is 2.19 bits per heavy atom. The first-order valence-electron chi connectivity index (χ1n) is 6.35. The molecule has 0 saturated carbocycles. The monoisotopic (exact) mass is 217 g/mol. The summed E-state index contributed by atoms with van der Waals surface area (Å²) in [6.45, 7) is 10.3. The van der Waals surface area contributed by atoms with Gasteiger partial charge in [0.2, 0.25) is 0 Å². The van der Waals surface area contributed by atoms with Gasteiger partial charge in [0.1, 0.15) is 0 Å². The minimum absolute atomic E-state index is 0.259. The lowest BCUT2D eigenvalue weighted by Crippen LogP contribution is -2.26. The molecule has 16 heavy (non-hydrogen) atoms. The van der Waals surface area contributed by atoms with Gasteiger partial charge in [0.15, 0.2) is 0 Å². The Morgan fingerprint density at radius 2 is 1.75 bits per heavy atom. The summed E-state index contributed by atoms with van der Waals surface area (Å²) >= 11 is 0. The first-order valence-corrected chi connectivity index (χ1v) is 6.35. The summed E-state index contributed by atoms with van der Waals surface area (Å²) in [5, 5.41) is 0. The van der Waals surface area contributed by atoms with Crippen LogP contribution in [0.2, 0.25) is 0 Å². The molecule has 1 nitrogen and oxygen atoms in total. The Kier molecular flexibility index (Phi) is 2.96. The number of hydrogen-bond acceptors (Lipinski definition) is 1. The van der Waals surface area contributed by atoms with Crippen LogP contribution in [-0.4, -0.2) is 12.6 Å². The second-order valence-electron chi connectivity index (χ2n) is 5.98. The molecule has 0 spiro atoms. The fourth-order valence-corrected chi connectivity index (χ4v) is 2.47. The zero-order chi connectivity index (χ0) is 11.8. The van der Waals surface area contributed by atoms with Crippen molar-refractivity contribution in [1.82, 2.24) is 0 Å². The zero-order valence-corrected chi connectivity index (χ0v) is 11.0. The summed E-state index contributed by atoms with van der Waals surface area (Å²) in [6, 6.07) is 9.83. The van der Waals surface area contributed by atoms with Gasteiger partial charge in [-0.25, -0.2) is 0 Å². The summed E-state index contributed by atoms with van der Waals surface area (Å²) in [7, 11) is 0. The molecular weight excluding hydrogens is 194 g/mol. The predicted molar refractivity (Wildman–Crippen MR) is 71.2 cm³/mol. The van der Waals surface area contributed by atoms with Crippen LogP contribution in [-0.2, 0) is 5.41 Å². The minimum atomic E-state index is 0.259. The zero-order valence-electron chi connectivity index (χ0n) is 11.0. The molecule has 1 aromatic rings. The van der Waals surface area contributed by atoms with Crippen LogP contribution in [0.25, 0.3) is 0 Å². The van der Waals surface area contributed by atoms with Crippen LogP contribution in [0.3, 0.4) is 0 Å². The van der Waals surface area contributed by atoms with Crippen LogP contribution < -0.4 is 4.90 Å². The summed E-state index contributed by atoms with van der Waals surface area (Å²) in [4.78, 5) is 2.52. The van der Waals surface area contributed by atoms with Gasteiger partial charge >= 0.3 is 0 Å². The van der Waals surface area contributed by atoms with E-state index in [4.69, 9.17) is 0 Å². The highest BCUT2D eigenvalue weighted by atomic mass is 15.2. The van der Waals surface area contributed by atoms with Crippen molar-refractivity contribution in [2.24, 2.45) is 0 Å². The number of benzene rings is 1. The van der Waals surface area contributed by atoms with Gasteiger partial charge in [-0.15, -0.1) is 0 Å². The van der Waals surface area contributed by atoms with Crippen LogP contribution in [0.4, 0.5) is 5.69 Å². The largest absolute Gasteiger partial charge is 0.369 e. The van der Waals surface area contributed by atoms with Crippen molar-refractivity contribution in [3.63, 3.8) is 0 Å². The smallest absolute Gasteiger partial charge is 0.0368 e. The van der Waals surface area contributed by atoms with Crippen molar-refractivity contribution >= 4 is 5.69 Å². The molecule has 1 aliphatic rings. The lowest BCUT2D eigenvalue weighted by atomic mass is 9.87.